The van der Waals surface area contributed by atoms with Crippen LogP contribution in [0.2, 0.25) is 0 Å². The summed E-state index contributed by atoms with van der Waals surface area (Å²) < 4.78 is 10.6. The van der Waals surface area contributed by atoms with Crippen molar-refractivity contribution in [2.24, 2.45) is 0 Å². The maximum Gasteiger partial charge on any atom is 0.323 e. The van der Waals surface area contributed by atoms with Gasteiger partial charge in [-0.05, 0) is 12.1 Å². The molecule has 2 N–H and O–H groups in total. The van der Waals surface area contributed by atoms with Crippen LogP contribution in [0.15, 0.2) is 23.0 Å². The van der Waals surface area contributed by atoms with Gasteiger partial charge in [0.05, 0.1) is 12.1 Å². The zero-order valence-corrected chi connectivity index (χ0v) is 7.95. The number of aromatic amines is 2. The highest BCUT2D eigenvalue weighted by Gasteiger charge is 2.23. The molecule has 3 rings (SSSR count). The smallest absolute Gasteiger partial charge is 0.323 e. The summed E-state index contributed by atoms with van der Waals surface area (Å²) in [6.07, 6.45) is 0.214. The summed E-state index contributed by atoms with van der Waals surface area (Å²) in [6, 6.07) is 5.50. The van der Waals surface area contributed by atoms with E-state index in [4.69, 9.17) is 9.47 Å². The summed E-state index contributed by atoms with van der Waals surface area (Å²) in [4.78, 5) is 16.5. The molecule has 5 heteroatoms. The Morgan fingerprint density at radius 2 is 2.33 bits per heavy atom. The van der Waals surface area contributed by atoms with E-state index in [1.165, 1.54) is 0 Å². The molecule has 78 valence electrons. The molecule has 2 aromatic rings. The minimum absolute atomic E-state index is 0.214. The third-order valence-corrected chi connectivity index (χ3v) is 2.34. The van der Waals surface area contributed by atoms with Crippen molar-refractivity contribution in [3.63, 3.8) is 0 Å². The Bertz CT molecular complexity index is 539. The van der Waals surface area contributed by atoms with Gasteiger partial charge in [0.15, 0.2) is 0 Å². The zero-order valence-electron chi connectivity index (χ0n) is 7.95. The van der Waals surface area contributed by atoms with Crippen LogP contribution in [-0.4, -0.2) is 29.3 Å². The molecule has 0 saturated carbocycles. The lowest BCUT2D eigenvalue weighted by atomic mass is 10.3. The predicted octanol–water partition coefficient (Wildman–Crippen LogP) is 0.634. The topological polar surface area (TPSA) is 70.4 Å². The standard InChI is InChI=1S/C10H10N2O3/c13-10-11-7-2-1-3-8(9(7)12-10)15-5-6-4-14-6/h1-3,6H,4-5H2,(H2,11,12,13)/t6-/m1/s1. The van der Waals surface area contributed by atoms with E-state index < -0.39 is 0 Å². The molecule has 0 amide bonds. The fourth-order valence-corrected chi connectivity index (χ4v) is 1.50. The molecule has 1 atom stereocenters. The van der Waals surface area contributed by atoms with Gasteiger partial charge in [0.1, 0.15) is 24.0 Å². The van der Waals surface area contributed by atoms with Crippen LogP contribution < -0.4 is 10.4 Å². The number of nitrogens with one attached hydrogen (secondary N) is 2. The highest BCUT2D eigenvalue weighted by molar-refractivity contribution is 5.80. The molecule has 1 fully saturated rings. The molecule has 0 bridgehead atoms. The van der Waals surface area contributed by atoms with E-state index >= 15 is 0 Å². The van der Waals surface area contributed by atoms with Crippen LogP contribution in [-0.2, 0) is 4.74 Å². The first-order valence-electron chi connectivity index (χ1n) is 4.78. The first kappa shape index (κ1) is 8.55. The first-order valence-corrected chi connectivity index (χ1v) is 4.78. The van der Waals surface area contributed by atoms with Crippen LogP contribution >= 0.6 is 0 Å². The number of hydrogen-bond acceptors (Lipinski definition) is 3. The molecular weight excluding hydrogens is 196 g/mol. The van der Waals surface area contributed by atoms with Crippen LogP contribution in [0.4, 0.5) is 0 Å². The van der Waals surface area contributed by atoms with Crippen LogP contribution in [0.3, 0.4) is 0 Å². The van der Waals surface area contributed by atoms with Crippen LogP contribution in [0.1, 0.15) is 0 Å². The Morgan fingerprint density at radius 1 is 1.47 bits per heavy atom. The molecule has 2 heterocycles. The molecule has 0 spiro atoms. The fraction of sp³-hybridized carbons (Fsp3) is 0.300. The number of hydrogen-bond donors (Lipinski definition) is 2. The molecule has 1 aliphatic rings. The van der Waals surface area contributed by atoms with E-state index in [0.717, 1.165) is 12.1 Å². The molecule has 0 radical (unpaired) electrons. The van der Waals surface area contributed by atoms with E-state index in [0.29, 0.717) is 17.9 Å². The summed E-state index contributed by atoms with van der Waals surface area (Å²) in [5, 5.41) is 0. The van der Waals surface area contributed by atoms with Gasteiger partial charge >= 0.3 is 5.69 Å². The lowest BCUT2D eigenvalue weighted by molar-refractivity contribution is 0.265. The Balaban J connectivity index is 1.96. The molecule has 1 aromatic heterocycles. The lowest BCUT2D eigenvalue weighted by Gasteiger charge is -2.04. The molecular formula is C10H10N2O3. The molecule has 0 unspecified atom stereocenters. The van der Waals surface area contributed by atoms with Crippen molar-refractivity contribution in [3.8, 4) is 5.75 Å². The van der Waals surface area contributed by atoms with Crippen molar-refractivity contribution in [1.82, 2.24) is 9.97 Å². The van der Waals surface area contributed by atoms with E-state index in [9.17, 15) is 4.79 Å². The number of H-pyrrole nitrogens is 2. The molecule has 1 saturated heterocycles. The maximum absolute atomic E-state index is 11.1. The van der Waals surface area contributed by atoms with Gasteiger partial charge in [0.2, 0.25) is 0 Å². The van der Waals surface area contributed by atoms with Gasteiger partial charge in [-0.15, -0.1) is 0 Å². The number of ether oxygens (including phenoxy) is 2. The highest BCUT2D eigenvalue weighted by Crippen LogP contribution is 2.22. The summed E-state index contributed by atoms with van der Waals surface area (Å²) in [7, 11) is 0. The fourth-order valence-electron chi connectivity index (χ4n) is 1.50. The first-order chi connectivity index (χ1) is 7.33. The van der Waals surface area contributed by atoms with E-state index in [-0.39, 0.29) is 11.8 Å². The van der Waals surface area contributed by atoms with Gasteiger partial charge in [-0.3, -0.25) is 0 Å². The lowest BCUT2D eigenvalue weighted by Crippen LogP contribution is -2.04. The zero-order chi connectivity index (χ0) is 10.3. The minimum atomic E-state index is -0.219. The van der Waals surface area contributed by atoms with Gasteiger partial charge in [0.25, 0.3) is 0 Å². The number of fused-ring (bicyclic) bond motifs is 1. The Kier molecular flexibility index (Phi) is 1.78. The van der Waals surface area contributed by atoms with Crippen molar-refractivity contribution in [2.75, 3.05) is 13.2 Å². The Hall–Kier alpha value is -1.75. The van der Waals surface area contributed by atoms with Crippen LogP contribution in [0.5, 0.6) is 5.75 Å². The third kappa shape index (κ3) is 1.61. The molecule has 0 aliphatic carbocycles. The van der Waals surface area contributed by atoms with Crippen molar-refractivity contribution < 1.29 is 9.47 Å². The summed E-state index contributed by atoms with van der Waals surface area (Å²) in [5.41, 5.74) is 1.25. The van der Waals surface area contributed by atoms with E-state index in [2.05, 4.69) is 9.97 Å². The molecule has 5 nitrogen and oxygen atoms in total. The van der Waals surface area contributed by atoms with Gasteiger partial charge in [-0.1, -0.05) is 6.07 Å². The summed E-state index contributed by atoms with van der Waals surface area (Å²) in [6.45, 7) is 1.30. The highest BCUT2D eigenvalue weighted by atomic mass is 16.6. The van der Waals surface area contributed by atoms with Crippen molar-refractivity contribution in [2.45, 2.75) is 6.10 Å². The van der Waals surface area contributed by atoms with Gasteiger partial charge < -0.3 is 19.4 Å². The Morgan fingerprint density at radius 3 is 3.13 bits per heavy atom. The van der Waals surface area contributed by atoms with E-state index in [1.54, 1.807) is 0 Å². The summed E-state index contributed by atoms with van der Waals surface area (Å²) >= 11 is 0. The predicted molar refractivity (Wildman–Crippen MR) is 54.2 cm³/mol. The number of para-hydroxylation sites is 1. The molecule has 1 aliphatic heterocycles. The molecule has 1 aromatic carbocycles. The third-order valence-electron chi connectivity index (χ3n) is 2.34. The number of benzene rings is 1. The average Bonchev–Trinajstić information content (AvgIpc) is 2.96. The number of rotatable bonds is 3. The van der Waals surface area contributed by atoms with Gasteiger partial charge in [-0.2, -0.15) is 0 Å². The normalized spacial score (nSPS) is 19.3. The van der Waals surface area contributed by atoms with Gasteiger partial charge in [0, 0.05) is 0 Å². The largest absolute Gasteiger partial charge is 0.489 e. The number of imidazole rings is 1. The monoisotopic (exact) mass is 206 g/mol. The van der Waals surface area contributed by atoms with Crippen molar-refractivity contribution >= 4 is 11.0 Å². The van der Waals surface area contributed by atoms with Gasteiger partial charge in [-0.25, -0.2) is 4.79 Å². The Labute approximate surface area is 85.0 Å². The maximum atomic E-state index is 11.1. The quantitative estimate of drug-likeness (QED) is 0.724. The number of epoxide rings is 1. The van der Waals surface area contributed by atoms with E-state index in [1.807, 2.05) is 18.2 Å². The van der Waals surface area contributed by atoms with Crippen molar-refractivity contribution in [3.05, 3.63) is 28.7 Å². The number of aromatic nitrogens is 2. The van der Waals surface area contributed by atoms with Crippen LogP contribution in [0, 0.1) is 0 Å². The second-order valence-electron chi connectivity index (χ2n) is 3.52. The SMILES string of the molecule is O=c1[nH]c2cccc(OC[C@H]3CO3)c2[nH]1. The summed E-state index contributed by atoms with van der Waals surface area (Å²) in [5.74, 6) is 0.682. The second kappa shape index (κ2) is 3.13. The van der Waals surface area contributed by atoms with Crippen LogP contribution in [0.25, 0.3) is 11.0 Å². The second-order valence-corrected chi connectivity index (χ2v) is 3.52. The minimum Gasteiger partial charge on any atom is -0.489 e. The molecule has 15 heavy (non-hydrogen) atoms. The average molecular weight is 206 g/mol. The van der Waals surface area contributed by atoms with Crippen molar-refractivity contribution in [1.29, 1.82) is 0 Å².